The Morgan fingerprint density at radius 1 is 1.10 bits per heavy atom. The van der Waals surface area contributed by atoms with E-state index in [9.17, 15) is 9.59 Å². The average Bonchev–Trinajstić information content (AvgIpc) is 2.73. The number of amides is 2. The Labute approximate surface area is 184 Å². The standard InChI is InChI=1S/C22H35N3O6/c1-22(2,3)31-21(27)23-9-8-20(26)24-15-17(25-10-12-30-13-11-25)16-6-7-18(28-4)19(14-16)29-5/h6-7,14,17H,8-13,15H2,1-5H3,(H,23,27)(H,24,26). The number of alkyl carbamates (subject to hydrolysis) is 1. The molecule has 1 fully saturated rings. The normalized spacial score (nSPS) is 15.6. The quantitative estimate of drug-likeness (QED) is 0.611. The van der Waals surface area contributed by atoms with E-state index in [1.165, 1.54) is 0 Å². The molecule has 1 heterocycles. The van der Waals surface area contributed by atoms with Crippen LogP contribution in [0.15, 0.2) is 18.2 Å². The summed E-state index contributed by atoms with van der Waals surface area (Å²) in [5.74, 6) is 1.16. The molecule has 1 aromatic carbocycles. The minimum absolute atomic E-state index is 0.0357. The molecular formula is C22H35N3O6. The number of carbonyl (C=O) groups is 2. The number of morpholine rings is 1. The number of nitrogens with zero attached hydrogens (tertiary/aromatic N) is 1. The zero-order valence-corrected chi connectivity index (χ0v) is 19.2. The summed E-state index contributed by atoms with van der Waals surface area (Å²) in [7, 11) is 3.20. The van der Waals surface area contributed by atoms with Gasteiger partial charge in [0.05, 0.1) is 33.5 Å². The predicted octanol–water partition coefficient (Wildman–Crippen LogP) is 2.11. The van der Waals surface area contributed by atoms with E-state index in [2.05, 4.69) is 15.5 Å². The smallest absolute Gasteiger partial charge is 0.407 e. The third-order valence-corrected chi connectivity index (χ3v) is 4.79. The minimum Gasteiger partial charge on any atom is -0.493 e. The lowest BCUT2D eigenvalue weighted by molar-refractivity contribution is -0.121. The van der Waals surface area contributed by atoms with Gasteiger partial charge in [0, 0.05) is 32.6 Å². The second-order valence-electron chi connectivity index (χ2n) is 8.26. The van der Waals surface area contributed by atoms with E-state index in [-0.39, 0.29) is 24.9 Å². The maximum Gasteiger partial charge on any atom is 0.407 e. The zero-order valence-electron chi connectivity index (χ0n) is 19.2. The van der Waals surface area contributed by atoms with Crippen molar-refractivity contribution in [3.8, 4) is 11.5 Å². The highest BCUT2D eigenvalue weighted by atomic mass is 16.6. The topological polar surface area (TPSA) is 98.4 Å². The van der Waals surface area contributed by atoms with Crippen molar-refractivity contribution in [1.29, 1.82) is 0 Å². The number of nitrogens with one attached hydrogen (secondary N) is 2. The third kappa shape index (κ3) is 8.26. The van der Waals surface area contributed by atoms with E-state index < -0.39 is 11.7 Å². The van der Waals surface area contributed by atoms with Crippen molar-refractivity contribution >= 4 is 12.0 Å². The Morgan fingerprint density at radius 3 is 2.39 bits per heavy atom. The highest BCUT2D eigenvalue weighted by molar-refractivity contribution is 5.77. The van der Waals surface area contributed by atoms with E-state index in [1.807, 2.05) is 18.2 Å². The average molecular weight is 438 g/mol. The molecule has 2 rings (SSSR count). The molecule has 2 N–H and O–H groups in total. The fourth-order valence-corrected chi connectivity index (χ4v) is 3.30. The number of benzene rings is 1. The number of hydrogen-bond acceptors (Lipinski definition) is 7. The van der Waals surface area contributed by atoms with Gasteiger partial charge in [-0.05, 0) is 38.5 Å². The van der Waals surface area contributed by atoms with Gasteiger partial charge < -0.3 is 29.6 Å². The van der Waals surface area contributed by atoms with E-state index >= 15 is 0 Å². The summed E-state index contributed by atoms with van der Waals surface area (Å²) in [5, 5.41) is 5.58. The molecule has 31 heavy (non-hydrogen) atoms. The van der Waals surface area contributed by atoms with Crippen molar-refractivity contribution in [2.75, 3.05) is 53.6 Å². The highest BCUT2D eigenvalue weighted by Gasteiger charge is 2.24. The summed E-state index contributed by atoms with van der Waals surface area (Å²) in [4.78, 5) is 26.3. The molecule has 0 spiro atoms. The fraction of sp³-hybridized carbons (Fsp3) is 0.636. The molecule has 0 bridgehead atoms. The number of methoxy groups -OCH3 is 2. The largest absolute Gasteiger partial charge is 0.493 e. The van der Waals surface area contributed by atoms with Gasteiger partial charge in [-0.15, -0.1) is 0 Å². The first-order valence-corrected chi connectivity index (χ1v) is 10.5. The lowest BCUT2D eigenvalue weighted by Gasteiger charge is -2.35. The van der Waals surface area contributed by atoms with Crippen LogP contribution >= 0.6 is 0 Å². The Morgan fingerprint density at radius 2 is 1.77 bits per heavy atom. The Kier molecular flexibility index (Phi) is 9.39. The molecule has 174 valence electrons. The van der Waals surface area contributed by atoms with Crippen LogP contribution in [-0.2, 0) is 14.3 Å². The molecule has 1 aliphatic heterocycles. The Hall–Kier alpha value is -2.52. The first-order chi connectivity index (χ1) is 14.7. The Bertz CT molecular complexity index is 728. The van der Waals surface area contributed by atoms with E-state index in [1.54, 1.807) is 35.0 Å². The molecule has 9 nitrogen and oxygen atoms in total. The van der Waals surface area contributed by atoms with Gasteiger partial charge in [-0.2, -0.15) is 0 Å². The van der Waals surface area contributed by atoms with Crippen molar-refractivity contribution in [3.05, 3.63) is 23.8 Å². The number of rotatable bonds is 9. The van der Waals surface area contributed by atoms with Crippen molar-refractivity contribution in [2.24, 2.45) is 0 Å². The van der Waals surface area contributed by atoms with Gasteiger partial charge in [-0.3, -0.25) is 9.69 Å². The van der Waals surface area contributed by atoms with Crippen LogP contribution in [0.2, 0.25) is 0 Å². The second kappa shape index (κ2) is 11.8. The second-order valence-corrected chi connectivity index (χ2v) is 8.26. The van der Waals surface area contributed by atoms with Crippen molar-refractivity contribution in [1.82, 2.24) is 15.5 Å². The molecule has 1 atom stereocenters. The van der Waals surface area contributed by atoms with Gasteiger partial charge in [0.2, 0.25) is 5.91 Å². The Balaban J connectivity index is 1.96. The van der Waals surface area contributed by atoms with Crippen LogP contribution in [-0.4, -0.2) is 76.1 Å². The van der Waals surface area contributed by atoms with Crippen LogP contribution in [0.25, 0.3) is 0 Å². The first-order valence-electron chi connectivity index (χ1n) is 10.5. The first kappa shape index (κ1) is 24.7. The van der Waals surface area contributed by atoms with E-state index in [4.69, 9.17) is 18.9 Å². The van der Waals surface area contributed by atoms with Crippen LogP contribution in [0.3, 0.4) is 0 Å². The van der Waals surface area contributed by atoms with Gasteiger partial charge >= 0.3 is 6.09 Å². The van der Waals surface area contributed by atoms with Crippen LogP contribution in [0.4, 0.5) is 4.79 Å². The maximum atomic E-state index is 12.4. The van der Waals surface area contributed by atoms with E-state index in [0.29, 0.717) is 31.3 Å². The lowest BCUT2D eigenvalue weighted by atomic mass is 10.0. The number of hydrogen-bond donors (Lipinski definition) is 2. The summed E-state index contributed by atoms with van der Waals surface area (Å²) in [6.45, 7) is 8.86. The monoisotopic (exact) mass is 437 g/mol. The molecule has 1 aromatic rings. The summed E-state index contributed by atoms with van der Waals surface area (Å²) in [6.07, 6.45) is -0.363. The van der Waals surface area contributed by atoms with Gasteiger partial charge in [-0.25, -0.2) is 4.79 Å². The maximum absolute atomic E-state index is 12.4. The van der Waals surface area contributed by atoms with Crippen LogP contribution in [0.5, 0.6) is 11.5 Å². The predicted molar refractivity (Wildman–Crippen MR) is 117 cm³/mol. The molecule has 1 saturated heterocycles. The van der Waals surface area contributed by atoms with Crippen LogP contribution in [0, 0.1) is 0 Å². The summed E-state index contributed by atoms with van der Waals surface area (Å²) in [5.41, 5.74) is 0.448. The number of ether oxygens (including phenoxy) is 4. The third-order valence-electron chi connectivity index (χ3n) is 4.79. The molecule has 0 aromatic heterocycles. The molecular weight excluding hydrogens is 402 g/mol. The van der Waals surface area contributed by atoms with Gasteiger partial charge in [0.1, 0.15) is 5.60 Å². The number of carbonyl (C=O) groups excluding carboxylic acids is 2. The van der Waals surface area contributed by atoms with Gasteiger partial charge in [0.25, 0.3) is 0 Å². The van der Waals surface area contributed by atoms with Crippen LogP contribution < -0.4 is 20.1 Å². The zero-order chi connectivity index (χ0) is 22.9. The molecule has 1 aliphatic rings. The molecule has 0 radical (unpaired) electrons. The minimum atomic E-state index is -0.572. The summed E-state index contributed by atoms with van der Waals surface area (Å²) in [6, 6.07) is 5.76. The molecule has 2 amide bonds. The van der Waals surface area contributed by atoms with Gasteiger partial charge in [0.15, 0.2) is 11.5 Å². The fourth-order valence-electron chi connectivity index (χ4n) is 3.30. The SMILES string of the molecule is COc1ccc(C(CNC(=O)CCNC(=O)OC(C)(C)C)N2CCOCC2)cc1OC. The molecule has 9 heteroatoms. The molecule has 0 saturated carbocycles. The van der Waals surface area contributed by atoms with Gasteiger partial charge in [-0.1, -0.05) is 6.07 Å². The summed E-state index contributed by atoms with van der Waals surface area (Å²) >= 11 is 0. The van der Waals surface area contributed by atoms with E-state index in [0.717, 1.165) is 18.7 Å². The lowest BCUT2D eigenvalue weighted by Crippen LogP contribution is -2.44. The van der Waals surface area contributed by atoms with Crippen LogP contribution in [0.1, 0.15) is 38.8 Å². The molecule has 1 unspecified atom stereocenters. The van der Waals surface area contributed by atoms with Crippen molar-refractivity contribution < 1.29 is 28.5 Å². The van der Waals surface area contributed by atoms with Crippen molar-refractivity contribution in [3.63, 3.8) is 0 Å². The summed E-state index contributed by atoms with van der Waals surface area (Å²) < 4.78 is 21.4. The van der Waals surface area contributed by atoms with Crippen molar-refractivity contribution in [2.45, 2.75) is 38.8 Å². The highest BCUT2D eigenvalue weighted by Crippen LogP contribution is 2.32. The molecule has 0 aliphatic carbocycles.